The summed E-state index contributed by atoms with van der Waals surface area (Å²) in [5.41, 5.74) is 0.857. The number of hydrogen-bond donors (Lipinski definition) is 0. The zero-order valence-electron chi connectivity index (χ0n) is 17.9. The minimum atomic E-state index is -0.669. The van der Waals surface area contributed by atoms with Gasteiger partial charge in [0, 0.05) is 30.4 Å². The highest BCUT2D eigenvalue weighted by Crippen LogP contribution is 2.34. The number of aryl methyl sites for hydroxylation is 1. The number of hydrogen-bond acceptors (Lipinski definition) is 6. The van der Waals surface area contributed by atoms with Gasteiger partial charge in [0.15, 0.2) is 5.82 Å². The molecular formula is C23H27F2N3O3. The molecule has 8 heteroatoms. The van der Waals surface area contributed by atoms with Gasteiger partial charge in [-0.1, -0.05) is 0 Å². The van der Waals surface area contributed by atoms with E-state index in [0.29, 0.717) is 50.2 Å². The van der Waals surface area contributed by atoms with Crippen LogP contribution < -0.4 is 9.64 Å². The van der Waals surface area contributed by atoms with Crippen LogP contribution >= 0.6 is 0 Å². The molecule has 2 heterocycles. The molecule has 1 aliphatic heterocycles. The minimum absolute atomic E-state index is 0.0174. The average Bonchev–Trinajstić information content (AvgIpc) is 3.44. The fourth-order valence-electron chi connectivity index (χ4n) is 3.89. The lowest BCUT2D eigenvalue weighted by molar-refractivity contribution is -0.144. The van der Waals surface area contributed by atoms with Crippen molar-refractivity contribution in [2.45, 2.75) is 39.5 Å². The summed E-state index contributed by atoms with van der Waals surface area (Å²) in [5.74, 6) is -0.376. The van der Waals surface area contributed by atoms with E-state index < -0.39 is 11.6 Å². The number of halogens is 2. The molecule has 1 unspecified atom stereocenters. The first kappa shape index (κ1) is 21.5. The summed E-state index contributed by atoms with van der Waals surface area (Å²) < 4.78 is 40.6. The van der Waals surface area contributed by atoms with Crippen LogP contribution in [0.4, 0.5) is 14.5 Å². The van der Waals surface area contributed by atoms with Gasteiger partial charge >= 0.3 is 5.97 Å². The number of anilines is 1. The molecule has 2 aliphatic rings. The van der Waals surface area contributed by atoms with Crippen LogP contribution in [0.3, 0.4) is 0 Å². The van der Waals surface area contributed by atoms with Gasteiger partial charge < -0.3 is 14.4 Å². The number of nitrogens with zero attached hydrogens (tertiary/aromatic N) is 3. The number of carbonyl (C=O) groups is 1. The van der Waals surface area contributed by atoms with E-state index >= 15 is 0 Å². The number of carbonyl (C=O) groups excluding carboxylic acids is 1. The van der Waals surface area contributed by atoms with E-state index in [9.17, 15) is 13.6 Å². The average molecular weight is 431 g/mol. The van der Waals surface area contributed by atoms with Crippen molar-refractivity contribution < 1.29 is 23.0 Å². The normalized spacial score (nSPS) is 18.3. The van der Waals surface area contributed by atoms with Crippen LogP contribution in [0, 0.1) is 30.4 Å². The van der Waals surface area contributed by atoms with Gasteiger partial charge in [-0.15, -0.1) is 0 Å². The summed E-state index contributed by atoms with van der Waals surface area (Å²) in [6.07, 6.45) is 3.26. The van der Waals surface area contributed by atoms with Gasteiger partial charge in [0.1, 0.15) is 17.3 Å². The standard InChI is InChI=1S/C23H27F2N3O3/c1-3-30-21(29)9-16-6-7-28(12-16)22-18(24)10-17(11-19(22)25)23-26-14(2)8-20(27-23)31-13-15-4-5-15/h8,10-11,15-16H,3-7,9,12-13H2,1-2H3. The van der Waals surface area contributed by atoms with Gasteiger partial charge in [-0.3, -0.25) is 4.79 Å². The number of esters is 1. The van der Waals surface area contributed by atoms with Crippen molar-refractivity contribution >= 4 is 11.7 Å². The number of benzene rings is 1. The van der Waals surface area contributed by atoms with E-state index in [1.54, 1.807) is 24.8 Å². The van der Waals surface area contributed by atoms with Crippen LogP contribution in [0.25, 0.3) is 11.4 Å². The highest BCUT2D eigenvalue weighted by atomic mass is 19.1. The van der Waals surface area contributed by atoms with Crippen LogP contribution in [0.2, 0.25) is 0 Å². The van der Waals surface area contributed by atoms with E-state index in [1.165, 1.54) is 12.1 Å². The fourth-order valence-corrected chi connectivity index (χ4v) is 3.89. The Kier molecular flexibility index (Phi) is 6.34. The Hall–Kier alpha value is -2.77. The lowest BCUT2D eigenvalue weighted by Gasteiger charge is -2.20. The Morgan fingerprint density at radius 3 is 2.55 bits per heavy atom. The molecule has 166 valence electrons. The largest absolute Gasteiger partial charge is 0.477 e. The van der Waals surface area contributed by atoms with E-state index in [0.717, 1.165) is 12.8 Å². The molecule has 2 aromatic rings. The van der Waals surface area contributed by atoms with Crippen LogP contribution in [-0.4, -0.2) is 42.2 Å². The van der Waals surface area contributed by atoms with Gasteiger partial charge in [0.2, 0.25) is 5.88 Å². The maximum Gasteiger partial charge on any atom is 0.306 e. The Balaban J connectivity index is 1.50. The molecule has 4 rings (SSSR count). The number of aromatic nitrogens is 2. The third kappa shape index (κ3) is 5.29. The maximum absolute atomic E-state index is 15.0. The predicted octanol–water partition coefficient (Wildman–Crippen LogP) is 4.30. The van der Waals surface area contributed by atoms with Gasteiger partial charge in [0.25, 0.3) is 0 Å². The van der Waals surface area contributed by atoms with E-state index in [2.05, 4.69) is 9.97 Å². The van der Waals surface area contributed by atoms with Crippen molar-refractivity contribution in [2.24, 2.45) is 11.8 Å². The van der Waals surface area contributed by atoms with Crippen molar-refractivity contribution in [3.8, 4) is 17.3 Å². The topological polar surface area (TPSA) is 64.5 Å². The van der Waals surface area contributed by atoms with Crippen molar-refractivity contribution in [1.29, 1.82) is 0 Å². The SMILES string of the molecule is CCOC(=O)CC1CCN(c2c(F)cc(-c3nc(C)cc(OCC4CC4)n3)cc2F)C1. The lowest BCUT2D eigenvalue weighted by Crippen LogP contribution is -2.23. The summed E-state index contributed by atoms with van der Waals surface area (Å²) in [5, 5.41) is 0. The first-order chi connectivity index (χ1) is 14.9. The molecular weight excluding hydrogens is 404 g/mol. The summed E-state index contributed by atoms with van der Waals surface area (Å²) in [6, 6.07) is 4.24. The quantitative estimate of drug-likeness (QED) is 0.581. The molecule has 1 aromatic heterocycles. The minimum Gasteiger partial charge on any atom is -0.477 e. The monoisotopic (exact) mass is 431 g/mol. The third-order valence-electron chi connectivity index (χ3n) is 5.63. The van der Waals surface area contributed by atoms with E-state index in [4.69, 9.17) is 9.47 Å². The second kappa shape index (κ2) is 9.16. The highest BCUT2D eigenvalue weighted by molar-refractivity contribution is 5.70. The van der Waals surface area contributed by atoms with Crippen molar-refractivity contribution in [2.75, 3.05) is 31.2 Å². The molecule has 0 spiro atoms. The summed E-state index contributed by atoms with van der Waals surface area (Å²) >= 11 is 0. The van der Waals surface area contributed by atoms with Crippen LogP contribution in [0.15, 0.2) is 18.2 Å². The smallest absolute Gasteiger partial charge is 0.306 e. The van der Waals surface area contributed by atoms with Gasteiger partial charge in [-0.05, 0) is 57.1 Å². The maximum atomic E-state index is 15.0. The zero-order valence-corrected chi connectivity index (χ0v) is 17.9. The summed E-state index contributed by atoms with van der Waals surface area (Å²) in [7, 11) is 0. The fraction of sp³-hybridized carbons (Fsp3) is 0.522. The van der Waals surface area contributed by atoms with Crippen molar-refractivity contribution in [3.63, 3.8) is 0 Å². The molecule has 1 aliphatic carbocycles. The number of ether oxygens (including phenoxy) is 2. The number of rotatable bonds is 8. The Labute approximate surface area is 180 Å². The van der Waals surface area contributed by atoms with Crippen molar-refractivity contribution in [3.05, 3.63) is 35.5 Å². The zero-order chi connectivity index (χ0) is 22.0. The Bertz CT molecular complexity index is 942. The molecule has 31 heavy (non-hydrogen) atoms. The highest BCUT2D eigenvalue weighted by Gasteiger charge is 2.29. The lowest BCUT2D eigenvalue weighted by atomic mass is 10.1. The third-order valence-corrected chi connectivity index (χ3v) is 5.63. The predicted molar refractivity (Wildman–Crippen MR) is 112 cm³/mol. The molecule has 0 bridgehead atoms. The first-order valence-corrected chi connectivity index (χ1v) is 10.8. The molecule has 1 saturated heterocycles. The molecule has 0 radical (unpaired) electrons. The van der Waals surface area contributed by atoms with E-state index in [-0.39, 0.29) is 35.4 Å². The molecule has 1 atom stereocenters. The molecule has 2 fully saturated rings. The molecule has 6 nitrogen and oxygen atoms in total. The summed E-state index contributed by atoms with van der Waals surface area (Å²) in [4.78, 5) is 22.0. The summed E-state index contributed by atoms with van der Waals surface area (Å²) in [6.45, 7) is 5.37. The van der Waals surface area contributed by atoms with Crippen molar-refractivity contribution in [1.82, 2.24) is 9.97 Å². The molecule has 0 amide bonds. The second-order valence-corrected chi connectivity index (χ2v) is 8.32. The van der Waals surface area contributed by atoms with Crippen LogP contribution in [0.1, 0.15) is 38.3 Å². The molecule has 0 N–H and O–H groups in total. The second-order valence-electron chi connectivity index (χ2n) is 8.32. The first-order valence-electron chi connectivity index (χ1n) is 10.8. The molecule has 1 aromatic carbocycles. The van der Waals surface area contributed by atoms with Crippen LogP contribution in [-0.2, 0) is 9.53 Å². The van der Waals surface area contributed by atoms with Gasteiger partial charge in [-0.2, -0.15) is 4.98 Å². The Morgan fingerprint density at radius 1 is 1.13 bits per heavy atom. The van der Waals surface area contributed by atoms with E-state index in [1.807, 2.05) is 0 Å². The molecule has 1 saturated carbocycles. The van der Waals surface area contributed by atoms with Crippen LogP contribution in [0.5, 0.6) is 5.88 Å². The van der Waals surface area contributed by atoms with Gasteiger partial charge in [-0.25, -0.2) is 13.8 Å². The van der Waals surface area contributed by atoms with Gasteiger partial charge in [0.05, 0.1) is 19.6 Å². The Morgan fingerprint density at radius 2 is 1.87 bits per heavy atom.